The van der Waals surface area contributed by atoms with Crippen molar-refractivity contribution < 1.29 is 19.0 Å². The van der Waals surface area contributed by atoms with Gasteiger partial charge in [0.05, 0.1) is 23.1 Å². The third-order valence-corrected chi connectivity index (χ3v) is 7.18. The van der Waals surface area contributed by atoms with Gasteiger partial charge in [-0.3, -0.25) is 4.79 Å². The third-order valence-electron chi connectivity index (χ3n) is 7.18. The van der Waals surface area contributed by atoms with Crippen LogP contribution in [0, 0.1) is 6.92 Å². The average Bonchev–Trinajstić information content (AvgIpc) is 3.59. The Balaban J connectivity index is 1.22. The number of nitrogens with zero attached hydrogens (tertiary/aromatic N) is 4. The molecule has 0 saturated carbocycles. The van der Waals surface area contributed by atoms with Crippen molar-refractivity contribution in [3.05, 3.63) is 83.8 Å². The smallest absolute Gasteiger partial charge is 0.254 e. The molecule has 0 radical (unpaired) electrons. The molecule has 0 bridgehead atoms. The van der Waals surface area contributed by atoms with E-state index in [1.165, 1.54) is 5.56 Å². The summed E-state index contributed by atoms with van der Waals surface area (Å²) >= 11 is 0. The molecule has 9 heteroatoms. The Bertz CT molecular complexity index is 1430. The number of hydrogen-bond donors (Lipinski definition) is 1. The first-order valence-corrected chi connectivity index (χ1v) is 12.3. The van der Waals surface area contributed by atoms with E-state index in [2.05, 4.69) is 32.5 Å². The molecule has 1 saturated heterocycles. The highest BCUT2D eigenvalue weighted by molar-refractivity contribution is 5.95. The summed E-state index contributed by atoms with van der Waals surface area (Å²) < 4.78 is 18.1. The maximum absolute atomic E-state index is 13.3. The Morgan fingerprint density at radius 2 is 1.86 bits per heavy atom. The van der Waals surface area contributed by atoms with E-state index in [0.717, 1.165) is 18.4 Å². The number of rotatable bonds is 6. The maximum atomic E-state index is 13.3. The molecule has 0 spiro atoms. The minimum atomic E-state index is -0.169. The molecular formula is C28H27N5O4. The van der Waals surface area contributed by atoms with Crippen molar-refractivity contribution in [2.24, 2.45) is 0 Å². The van der Waals surface area contributed by atoms with Crippen LogP contribution >= 0.6 is 0 Å². The Morgan fingerprint density at radius 3 is 2.70 bits per heavy atom. The second-order valence-corrected chi connectivity index (χ2v) is 9.31. The molecule has 9 nitrogen and oxygen atoms in total. The van der Waals surface area contributed by atoms with Crippen molar-refractivity contribution in [3.8, 4) is 28.7 Å². The molecule has 6 rings (SSSR count). The SMILES string of the molecule is Cc1c(C(=O)NCC2(c3ccccc3)CCOCC2)cnn1-c1nccc(-c2ccc3c(c2)OCO3)n1. The van der Waals surface area contributed by atoms with Crippen LogP contribution in [0.1, 0.15) is 34.5 Å². The van der Waals surface area contributed by atoms with Crippen molar-refractivity contribution in [3.63, 3.8) is 0 Å². The van der Waals surface area contributed by atoms with Gasteiger partial charge in [-0.2, -0.15) is 5.10 Å². The van der Waals surface area contributed by atoms with E-state index in [4.69, 9.17) is 14.2 Å². The lowest BCUT2D eigenvalue weighted by Crippen LogP contribution is -2.44. The van der Waals surface area contributed by atoms with Crippen LogP contribution in [0.15, 0.2) is 67.0 Å². The fourth-order valence-electron chi connectivity index (χ4n) is 4.97. The van der Waals surface area contributed by atoms with Gasteiger partial charge in [0.2, 0.25) is 6.79 Å². The average molecular weight is 498 g/mol. The second kappa shape index (κ2) is 9.67. The molecule has 2 aliphatic heterocycles. The summed E-state index contributed by atoms with van der Waals surface area (Å²) in [5, 5.41) is 7.60. The number of benzene rings is 2. The van der Waals surface area contributed by atoms with Crippen LogP contribution in [0.25, 0.3) is 17.2 Å². The highest BCUT2D eigenvalue weighted by Crippen LogP contribution is 2.36. The summed E-state index contributed by atoms with van der Waals surface area (Å²) in [6.07, 6.45) is 4.96. The Morgan fingerprint density at radius 1 is 1.05 bits per heavy atom. The van der Waals surface area contributed by atoms with E-state index < -0.39 is 0 Å². The molecule has 4 aromatic rings. The zero-order chi connectivity index (χ0) is 25.2. The first-order valence-electron chi connectivity index (χ1n) is 12.3. The van der Waals surface area contributed by atoms with Gasteiger partial charge in [-0.15, -0.1) is 0 Å². The summed E-state index contributed by atoms with van der Waals surface area (Å²) in [6, 6.07) is 17.9. The van der Waals surface area contributed by atoms with Crippen molar-refractivity contribution >= 4 is 5.91 Å². The monoisotopic (exact) mass is 497 g/mol. The first kappa shape index (κ1) is 23.2. The van der Waals surface area contributed by atoms with Crippen LogP contribution in [-0.4, -0.2) is 52.2 Å². The molecule has 2 aromatic heterocycles. The van der Waals surface area contributed by atoms with Crippen molar-refractivity contribution in [1.29, 1.82) is 0 Å². The largest absolute Gasteiger partial charge is 0.454 e. The molecule has 1 N–H and O–H groups in total. The van der Waals surface area contributed by atoms with Gasteiger partial charge in [-0.25, -0.2) is 14.6 Å². The van der Waals surface area contributed by atoms with E-state index in [0.29, 0.717) is 54.2 Å². The Labute approximate surface area is 214 Å². The number of fused-ring (bicyclic) bond motifs is 1. The number of carbonyl (C=O) groups excluding carboxylic acids is 1. The normalized spacial score (nSPS) is 15.9. The molecule has 1 fully saturated rings. The molecule has 2 aliphatic rings. The zero-order valence-corrected chi connectivity index (χ0v) is 20.5. The summed E-state index contributed by atoms with van der Waals surface area (Å²) in [5.41, 5.74) is 3.82. The second-order valence-electron chi connectivity index (χ2n) is 9.31. The van der Waals surface area contributed by atoms with Gasteiger partial charge >= 0.3 is 0 Å². The number of nitrogens with one attached hydrogen (secondary N) is 1. The van der Waals surface area contributed by atoms with Crippen LogP contribution in [0.3, 0.4) is 0 Å². The lowest BCUT2D eigenvalue weighted by molar-refractivity contribution is 0.0487. The summed E-state index contributed by atoms with van der Waals surface area (Å²) in [6.45, 7) is 3.95. The lowest BCUT2D eigenvalue weighted by Gasteiger charge is -2.38. The fourth-order valence-corrected chi connectivity index (χ4v) is 4.97. The van der Waals surface area contributed by atoms with Crippen molar-refractivity contribution in [2.75, 3.05) is 26.6 Å². The molecule has 1 amide bonds. The van der Waals surface area contributed by atoms with Gasteiger partial charge in [0.1, 0.15) is 0 Å². The van der Waals surface area contributed by atoms with Crippen LogP contribution < -0.4 is 14.8 Å². The molecule has 37 heavy (non-hydrogen) atoms. The predicted octanol–water partition coefficient (Wildman–Crippen LogP) is 3.84. The maximum Gasteiger partial charge on any atom is 0.254 e. The van der Waals surface area contributed by atoms with Gasteiger partial charge in [-0.05, 0) is 49.6 Å². The van der Waals surface area contributed by atoms with Crippen LogP contribution in [0.5, 0.6) is 11.5 Å². The van der Waals surface area contributed by atoms with Gasteiger partial charge < -0.3 is 19.5 Å². The predicted molar refractivity (Wildman–Crippen MR) is 136 cm³/mol. The van der Waals surface area contributed by atoms with Gasteiger partial charge in [0, 0.05) is 36.9 Å². The molecular weight excluding hydrogens is 470 g/mol. The molecule has 2 aromatic carbocycles. The number of amides is 1. The molecule has 188 valence electrons. The lowest BCUT2D eigenvalue weighted by atomic mass is 9.74. The van der Waals surface area contributed by atoms with Crippen LogP contribution in [-0.2, 0) is 10.2 Å². The minimum absolute atomic E-state index is 0.152. The number of ether oxygens (including phenoxy) is 3. The summed E-state index contributed by atoms with van der Waals surface area (Å²) in [4.78, 5) is 22.3. The van der Waals surface area contributed by atoms with E-state index in [9.17, 15) is 4.79 Å². The summed E-state index contributed by atoms with van der Waals surface area (Å²) in [7, 11) is 0. The van der Waals surface area contributed by atoms with Gasteiger partial charge in [-0.1, -0.05) is 30.3 Å². The van der Waals surface area contributed by atoms with E-state index >= 15 is 0 Å². The van der Waals surface area contributed by atoms with E-state index in [-0.39, 0.29) is 18.1 Å². The zero-order valence-electron chi connectivity index (χ0n) is 20.5. The fraction of sp³-hybridized carbons (Fsp3) is 0.286. The molecule has 0 unspecified atom stereocenters. The number of aromatic nitrogens is 4. The molecule has 0 aliphatic carbocycles. The van der Waals surface area contributed by atoms with Crippen molar-refractivity contribution in [1.82, 2.24) is 25.1 Å². The van der Waals surface area contributed by atoms with Crippen molar-refractivity contribution in [2.45, 2.75) is 25.2 Å². The molecule has 4 heterocycles. The van der Waals surface area contributed by atoms with Gasteiger partial charge in [0.25, 0.3) is 11.9 Å². The standard InChI is InChI=1S/C28H27N5O4/c1-19-22(26(34)30-17-28(10-13-35-14-11-28)21-5-3-2-4-6-21)16-31-33(19)27-29-12-9-23(32-27)20-7-8-24-25(15-20)37-18-36-24/h2-9,12,15-16H,10-11,13-14,17-18H2,1H3,(H,30,34). The Hall–Kier alpha value is -4.24. The Kier molecular flexibility index (Phi) is 6.05. The first-order chi connectivity index (χ1) is 18.1. The van der Waals surface area contributed by atoms with Crippen LogP contribution in [0.4, 0.5) is 0 Å². The van der Waals surface area contributed by atoms with Crippen LogP contribution in [0.2, 0.25) is 0 Å². The third kappa shape index (κ3) is 4.42. The quantitative estimate of drug-likeness (QED) is 0.432. The number of carbonyl (C=O) groups is 1. The highest BCUT2D eigenvalue weighted by Gasteiger charge is 2.35. The van der Waals surface area contributed by atoms with Gasteiger partial charge in [0.15, 0.2) is 11.5 Å². The number of hydrogen-bond acceptors (Lipinski definition) is 7. The van der Waals surface area contributed by atoms with E-state index in [1.54, 1.807) is 17.1 Å². The molecule has 0 atom stereocenters. The summed E-state index contributed by atoms with van der Waals surface area (Å²) in [5.74, 6) is 1.62. The minimum Gasteiger partial charge on any atom is -0.454 e. The topological polar surface area (TPSA) is 100 Å². The highest BCUT2D eigenvalue weighted by atomic mass is 16.7. The van der Waals surface area contributed by atoms with E-state index in [1.807, 2.05) is 49.4 Å².